The van der Waals surface area contributed by atoms with E-state index in [1.165, 1.54) is 7.11 Å². The van der Waals surface area contributed by atoms with Crippen molar-refractivity contribution < 1.29 is 19.1 Å². The predicted octanol–water partition coefficient (Wildman–Crippen LogP) is 5.13. The van der Waals surface area contributed by atoms with Crippen molar-refractivity contribution in [1.29, 1.82) is 0 Å². The van der Waals surface area contributed by atoms with E-state index < -0.39 is 12.0 Å². The van der Waals surface area contributed by atoms with Crippen LogP contribution < -0.4 is 0 Å². The zero-order valence-corrected chi connectivity index (χ0v) is 20.2. The Balaban J connectivity index is 2.02. The van der Waals surface area contributed by atoms with Gasteiger partial charge in [-0.15, -0.1) is 0 Å². The fourth-order valence-electron chi connectivity index (χ4n) is 4.82. The summed E-state index contributed by atoms with van der Waals surface area (Å²) in [5.74, 6) is -0.825. The third kappa shape index (κ3) is 4.46. The quantitative estimate of drug-likeness (QED) is 0.444. The van der Waals surface area contributed by atoms with Crippen molar-refractivity contribution in [3.63, 3.8) is 0 Å². The minimum atomic E-state index is -0.674. The molecule has 0 N–H and O–H groups in total. The maximum atomic E-state index is 13.8. The number of methoxy groups -OCH3 is 1. The predicted molar refractivity (Wildman–Crippen MR) is 125 cm³/mol. The molecule has 1 saturated carbocycles. The fraction of sp³-hybridized carbons (Fsp3) is 0.480. The first-order chi connectivity index (χ1) is 15.2. The van der Waals surface area contributed by atoms with Crippen LogP contribution in [-0.4, -0.2) is 46.3 Å². The second-order valence-electron chi connectivity index (χ2n) is 8.54. The number of carbonyl (C=O) groups is 3. The molecule has 1 atom stereocenters. The van der Waals surface area contributed by atoms with Gasteiger partial charge in [0, 0.05) is 34.9 Å². The molecule has 6 nitrogen and oxygen atoms in total. The summed E-state index contributed by atoms with van der Waals surface area (Å²) in [5.41, 5.74) is 2.61. The normalized spacial score (nSPS) is 15.3. The highest BCUT2D eigenvalue weighted by atomic mass is 35.5. The molecule has 3 rings (SSSR count). The number of Topliss-reactive ketones (excluding diaryl/α,β-unsaturated/α-hetero) is 1. The maximum Gasteiger partial charge on any atom is 0.354 e. The van der Waals surface area contributed by atoms with E-state index in [2.05, 4.69) is 0 Å². The standard InChI is InChI=1S/C25H31ClN2O4/c1-15-21(16(2)27(4)22(15)25(31)32-5)23(29)17(3)28(20-9-7-6-8-10-20)24(30)18-11-13-19(26)14-12-18/h11-14,17,20H,6-10H2,1-5H3. The minimum absolute atomic E-state index is 0.00437. The smallest absolute Gasteiger partial charge is 0.354 e. The van der Waals surface area contributed by atoms with Gasteiger partial charge in [0.05, 0.1) is 13.2 Å². The highest BCUT2D eigenvalue weighted by Crippen LogP contribution is 2.30. The van der Waals surface area contributed by atoms with Crippen LogP contribution in [-0.2, 0) is 11.8 Å². The zero-order chi connectivity index (χ0) is 23.6. The Morgan fingerprint density at radius 3 is 2.25 bits per heavy atom. The molecule has 1 aromatic heterocycles. The van der Waals surface area contributed by atoms with Crippen LogP contribution in [0.5, 0.6) is 0 Å². The summed E-state index contributed by atoms with van der Waals surface area (Å²) in [6, 6.07) is 6.10. The highest BCUT2D eigenvalue weighted by molar-refractivity contribution is 6.30. The van der Waals surface area contributed by atoms with Crippen LogP contribution in [0.4, 0.5) is 0 Å². The summed E-state index contributed by atoms with van der Waals surface area (Å²) in [4.78, 5) is 41.4. The van der Waals surface area contributed by atoms with Crippen LogP contribution in [0.1, 0.15) is 81.5 Å². The molecule has 7 heteroatoms. The van der Waals surface area contributed by atoms with Gasteiger partial charge in [-0.2, -0.15) is 0 Å². The average Bonchev–Trinajstić information content (AvgIpc) is 3.02. The van der Waals surface area contributed by atoms with E-state index in [9.17, 15) is 14.4 Å². The molecule has 172 valence electrons. The van der Waals surface area contributed by atoms with Crippen LogP contribution >= 0.6 is 11.6 Å². The number of ketones is 1. The van der Waals surface area contributed by atoms with E-state index in [4.69, 9.17) is 16.3 Å². The van der Waals surface area contributed by atoms with Crippen LogP contribution in [0.15, 0.2) is 24.3 Å². The zero-order valence-electron chi connectivity index (χ0n) is 19.4. The Hall–Kier alpha value is -2.60. The van der Waals surface area contributed by atoms with Crippen LogP contribution in [0, 0.1) is 13.8 Å². The first kappa shape index (κ1) is 24.1. The van der Waals surface area contributed by atoms with Crippen LogP contribution in [0.3, 0.4) is 0 Å². The van der Waals surface area contributed by atoms with Crippen molar-refractivity contribution in [2.75, 3.05) is 7.11 Å². The number of halogens is 1. The SMILES string of the molecule is COC(=O)c1c(C)c(C(=O)C(C)N(C(=O)c2ccc(Cl)cc2)C2CCCCC2)c(C)n1C. The van der Waals surface area contributed by atoms with Crippen molar-refractivity contribution in [3.05, 3.63) is 57.4 Å². The molecule has 1 aliphatic rings. The van der Waals surface area contributed by atoms with Gasteiger partial charge in [0.1, 0.15) is 5.69 Å². The first-order valence-corrected chi connectivity index (χ1v) is 11.4. The van der Waals surface area contributed by atoms with Crippen molar-refractivity contribution in [3.8, 4) is 0 Å². The fourth-order valence-corrected chi connectivity index (χ4v) is 4.95. The van der Waals surface area contributed by atoms with Crippen molar-refractivity contribution in [2.45, 2.75) is 65.0 Å². The molecule has 1 aliphatic carbocycles. The number of rotatable bonds is 6. The third-order valence-corrected chi connectivity index (χ3v) is 6.90. The van der Waals surface area contributed by atoms with E-state index in [1.54, 1.807) is 54.6 Å². The molecular weight excluding hydrogens is 428 g/mol. The lowest BCUT2D eigenvalue weighted by Gasteiger charge is -2.38. The molecule has 2 aromatic rings. The van der Waals surface area contributed by atoms with Crippen LogP contribution in [0.25, 0.3) is 0 Å². The van der Waals surface area contributed by atoms with E-state index in [1.807, 2.05) is 6.92 Å². The number of hydrogen-bond donors (Lipinski definition) is 0. The Morgan fingerprint density at radius 2 is 1.69 bits per heavy atom. The van der Waals surface area contributed by atoms with E-state index >= 15 is 0 Å². The van der Waals surface area contributed by atoms with Crippen LogP contribution in [0.2, 0.25) is 5.02 Å². The summed E-state index contributed by atoms with van der Waals surface area (Å²) in [7, 11) is 3.07. The van der Waals surface area contributed by atoms with E-state index in [-0.39, 0.29) is 17.7 Å². The van der Waals surface area contributed by atoms with Gasteiger partial charge < -0.3 is 14.2 Å². The number of esters is 1. The van der Waals surface area contributed by atoms with Gasteiger partial charge in [0.15, 0.2) is 5.78 Å². The molecule has 32 heavy (non-hydrogen) atoms. The molecule has 0 radical (unpaired) electrons. The second-order valence-corrected chi connectivity index (χ2v) is 8.97. The molecule has 1 unspecified atom stereocenters. The third-order valence-electron chi connectivity index (χ3n) is 6.65. The number of hydrogen-bond acceptors (Lipinski definition) is 4. The van der Waals surface area contributed by atoms with Crippen molar-refractivity contribution >= 4 is 29.3 Å². The highest BCUT2D eigenvalue weighted by Gasteiger charge is 2.36. The molecule has 0 saturated heterocycles. The lowest BCUT2D eigenvalue weighted by Crippen LogP contribution is -2.50. The first-order valence-electron chi connectivity index (χ1n) is 11.1. The number of amides is 1. The Morgan fingerprint density at radius 1 is 1.09 bits per heavy atom. The molecule has 1 heterocycles. The number of aromatic nitrogens is 1. The molecule has 1 fully saturated rings. The number of ether oxygens (including phenoxy) is 1. The maximum absolute atomic E-state index is 13.8. The summed E-state index contributed by atoms with van der Waals surface area (Å²) >= 11 is 6.01. The summed E-state index contributed by atoms with van der Waals surface area (Å²) in [5, 5.41) is 0.556. The van der Waals surface area contributed by atoms with Gasteiger partial charge in [-0.05, 0) is 63.4 Å². The van der Waals surface area contributed by atoms with Crippen molar-refractivity contribution in [2.24, 2.45) is 7.05 Å². The Bertz CT molecular complexity index is 1020. The Kier molecular flexibility index (Phi) is 7.44. The minimum Gasteiger partial charge on any atom is -0.464 e. The number of carbonyl (C=O) groups excluding carboxylic acids is 3. The second kappa shape index (κ2) is 9.90. The number of benzene rings is 1. The Labute approximate surface area is 194 Å². The lowest BCUT2D eigenvalue weighted by molar-refractivity contribution is 0.0486. The molecule has 0 aliphatic heterocycles. The lowest BCUT2D eigenvalue weighted by atomic mass is 9.90. The molecule has 1 amide bonds. The molecule has 0 spiro atoms. The van der Waals surface area contributed by atoms with Gasteiger partial charge in [-0.3, -0.25) is 9.59 Å². The average molecular weight is 459 g/mol. The largest absolute Gasteiger partial charge is 0.464 e. The number of nitrogens with zero attached hydrogens (tertiary/aromatic N) is 2. The monoisotopic (exact) mass is 458 g/mol. The van der Waals surface area contributed by atoms with E-state index in [0.717, 1.165) is 32.1 Å². The van der Waals surface area contributed by atoms with Crippen molar-refractivity contribution in [1.82, 2.24) is 9.47 Å². The van der Waals surface area contributed by atoms with Gasteiger partial charge in [0.25, 0.3) is 5.91 Å². The molecular formula is C25H31ClN2O4. The van der Waals surface area contributed by atoms with Gasteiger partial charge in [-0.25, -0.2) is 4.79 Å². The summed E-state index contributed by atoms with van der Waals surface area (Å²) in [6.45, 7) is 5.35. The van der Waals surface area contributed by atoms with Gasteiger partial charge in [-0.1, -0.05) is 30.9 Å². The van der Waals surface area contributed by atoms with Gasteiger partial charge >= 0.3 is 5.97 Å². The summed E-state index contributed by atoms with van der Waals surface area (Å²) < 4.78 is 6.60. The van der Waals surface area contributed by atoms with E-state index in [0.29, 0.717) is 33.1 Å². The molecule has 0 bridgehead atoms. The topological polar surface area (TPSA) is 68.6 Å². The van der Waals surface area contributed by atoms with Gasteiger partial charge in [0.2, 0.25) is 0 Å². The summed E-state index contributed by atoms with van der Waals surface area (Å²) in [6.07, 6.45) is 4.95. The molecule has 1 aromatic carbocycles.